The molecule has 122 valence electrons. The first-order valence-electron chi connectivity index (χ1n) is 9.06. The third-order valence-electron chi connectivity index (χ3n) is 5.38. The van der Waals surface area contributed by atoms with Crippen molar-refractivity contribution in [2.24, 2.45) is 11.8 Å². The SMILES string of the molecule is CCCCC1CCC(C(=O)Nc2onc3c2CCCC3)CC1. The quantitative estimate of drug-likeness (QED) is 0.872. The molecule has 0 unspecified atom stereocenters. The summed E-state index contributed by atoms with van der Waals surface area (Å²) in [5.74, 6) is 1.75. The fraction of sp³-hybridized carbons (Fsp3) is 0.778. The number of hydrogen-bond donors (Lipinski definition) is 1. The van der Waals surface area contributed by atoms with Crippen molar-refractivity contribution in [3.63, 3.8) is 0 Å². The molecule has 0 bridgehead atoms. The van der Waals surface area contributed by atoms with Crippen molar-refractivity contribution in [1.82, 2.24) is 5.16 Å². The summed E-state index contributed by atoms with van der Waals surface area (Å²) in [5, 5.41) is 7.12. The zero-order valence-electron chi connectivity index (χ0n) is 13.7. The second-order valence-electron chi connectivity index (χ2n) is 6.99. The van der Waals surface area contributed by atoms with E-state index in [0.29, 0.717) is 5.88 Å². The van der Waals surface area contributed by atoms with E-state index in [9.17, 15) is 4.79 Å². The lowest BCUT2D eigenvalue weighted by Gasteiger charge is -2.27. The monoisotopic (exact) mass is 304 g/mol. The van der Waals surface area contributed by atoms with E-state index in [1.165, 1.54) is 44.9 Å². The van der Waals surface area contributed by atoms with Gasteiger partial charge in [-0.05, 0) is 57.3 Å². The van der Waals surface area contributed by atoms with Crippen molar-refractivity contribution in [2.45, 2.75) is 77.6 Å². The number of carbonyl (C=O) groups is 1. The van der Waals surface area contributed by atoms with Crippen molar-refractivity contribution >= 4 is 11.8 Å². The molecule has 0 aromatic carbocycles. The lowest BCUT2D eigenvalue weighted by molar-refractivity contribution is -0.121. The molecule has 1 heterocycles. The molecule has 0 atom stereocenters. The Bertz CT molecular complexity index is 501. The van der Waals surface area contributed by atoms with Gasteiger partial charge in [0, 0.05) is 11.5 Å². The van der Waals surface area contributed by atoms with Crippen LogP contribution in [0, 0.1) is 11.8 Å². The van der Waals surface area contributed by atoms with Gasteiger partial charge in [0.2, 0.25) is 11.8 Å². The van der Waals surface area contributed by atoms with E-state index in [2.05, 4.69) is 17.4 Å². The third-order valence-corrected chi connectivity index (χ3v) is 5.38. The Labute approximate surface area is 133 Å². The Kier molecular flexibility index (Phi) is 5.16. The highest BCUT2D eigenvalue weighted by Gasteiger charge is 2.28. The van der Waals surface area contributed by atoms with E-state index >= 15 is 0 Å². The molecular formula is C18H28N2O2. The Hall–Kier alpha value is -1.32. The molecule has 1 saturated carbocycles. The molecule has 0 aliphatic heterocycles. The number of aromatic nitrogens is 1. The highest BCUT2D eigenvalue weighted by Crippen LogP contribution is 2.33. The lowest BCUT2D eigenvalue weighted by atomic mass is 9.79. The van der Waals surface area contributed by atoms with Gasteiger partial charge in [-0.2, -0.15) is 0 Å². The number of nitrogens with one attached hydrogen (secondary N) is 1. The molecule has 4 heteroatoms. The minimum atomic E-state index is 0.137. The van der Waals surface area contributed by atoms with E-state index in [1.54, 1.807) is 0 Å². The van der Waals surface area contributed by atoms with E-state index in [-0.39, 0.29) is 11.8 Å². The highest BCUT2D eigenvalue weighted by molar-refractivity contribution is 5.92. The van der Waals surface area contributed by atoms with Gasteiger partial charge in [-0.3, -0.25) is 10.1 Å². The Morgan fingerprint density at radius 2 is 2.00 bits per heavy atom. The molecule has 2 aliphatic carbocycles. The predicted molar refractivity (Wildman–Crippen MR) is 86.7 cm³/mol. The maximum atomic E-state index is 12.5. The summed E-state index contributed by atoms with van der Waals surface area (Å²) >= 11 is 0. The van der Waals surface area contributed by atoms with Crippen LogP contribution < -0.4 is 5.32 Å². The van der Waals surface area contributed by atoms with Gasteiger partial charge in [0.15, 0.2) is 0 Å². The molecule has 0 radical (unpaired) electrons. The molecule has 2 aliphatic rings. The molecule has 1 aromatic rings. The number of fused-ring (bicyclic) bond motifs is 1. The van der Waals surface area contributed by atoms with Crippen LogP contribution in [0.2, 0.25) is 0 Å². The van der Waals surface area contributed by atoms with Gasteiger partial charge < -0.3 is 4.52 Å². The Balaban J connectivity index is 1.52. The van der Waals surface area contributed by atoms with Crippen molar-refractivity contribution in [2.75, 3.05) is 5.32 Å². The number of nitrogens with zero attached hydrogens (tertiary/aromatic N) is 1. The van der Waals surface area contributed by atoms with Crippen LogP contribution in [0.25, 0.3) is 0 Å². The average Bonchev–Trinajstić information content (AvgIpc) is 2.96. The van der Waals surface area contributed by atoms with E-state index < -0.39 is 0 Å². The van der Waals surface area contributed by atoms with Crippen molar-refractivity contribution in [3.05, 3.63) is 11.3 Å². The van der Waals surface area contributed by atoms with E-state index in [4.69, 9.17) is 4.52 Å². The summed E-state index contributed by atoms with van der Waals surface area (Å²) in [6.45, 7) is 2.25. The average molecular weight is 304 g/mol. The number of anilines is 1. The Morgan fingerprint density at radius 1 is 1.23 bits per heavy atom. The first-order valence-corrected chi connectivity index (χ1v) is 9.06. The van der Waals surface area contributed by atoms with Crippen LogP contribution in [-0.2, 0) is 17.6 Å². The molecule has 22 heavy (non-hydrogen) atoms. The number of aryl methyl sites for hydroxylation is 1. The van der Waals surface area contributed by atoms with Crippen LogP contribution in [0.15, 0.2) is 4.52 Å². The number of unbranched alkanes of at least 4 members (excludes halogenated alkanes) is 1. The second kappa shape index (κ2) is 7.30. The minimum Gasteiger partial charge on any atom is -0.338 e. The lowest BCUT2D eigenvalue weighted by Crippen LogP contribution is -2.27. The zero-order valence-corrected chi connectivity index (χ0v) is 13.7. The smallest absolute Gasteiger partial charge is 0.234 e. The first kappa shape index (κ1) is 15.6. The summed E-state index contributed by atoms with van der Waals surface area (Å²) in [7, 11) is 0. The third kappa shape index (κ3) is 3.53. The fourth-order valence-electron chi connectivity index (χ4n) is 3.91. The van der Waals surface area contributed by atoms with Crippen molar-refractivity contribution < 1.29 is 9.32 Å². The van der Waals surface area contributed by atoms with E-state index in [1.807, 2.05) is 0 Å². The summed E-state index contributed by atoms with van der Waals surface area (Å²) in [4.78, 5) is 12.5. The van der Waals surface area contributed by atoms with Gasteiger partial charge in [0.05, 0.1) is 5.69 Å². The molecule has 0 saturated heterocycles. The highest BCUT2D eigenvalue weighted by atomic mass is 16.5. The van der Waals surface area contributed by atoms with Crippen LogP contribution in [0.3, 0.4) is 0 Å². The van der Waals surface area contributed by atoms with Crippen molar-refractivity contribution in [3.8, 4) is 0 Å². The van der Waals surface area contributed by atoms with E-state index in [0.717, 1.165) is 42.9 Å². The fourth-order valence-corrected chi connectivity index (χ4v) is 3.91. The van der Waals surface area contributed by atoms with Crippen LogP contribution >= 0.6 is 0 Å². The molecule has 4 nitrogen and oxygen atoms in total. The number of rotatable bonds is 5. The summed E-state index contributed by atoms with van der Waals surface area (Å²) in [6.07, 6.45) is 12.7. The molecular weight excluding hydrogens is 276 g/mol. The molecule has 0 spiro atoms. The number of amides is 1. The molecule has 1 N–H and O–H groups in total. The summed E-state index contributed by atoms with van der Waals surface area (Å²) in [5.41, 5.74) is 2.18. The standard InChI is InChI=1S/C18H28N2O2/c1-2-3-6-13-9-11-14(12-10-13)17(21)19-18-15-7-4-5-8-16(15)20-22-18/h13-14H,2-12H2,1H3,(H,19,21). The summed E-state index contributed by atoms with van der Waals surface area (Å²) < 4.78 is 5.37. The number of carbonyl (C=O) groups excluding carboxylic acids is 1. The van der Waals surface area contributed by atoms with Gasteiger partial charge in [0.1, 0.15) is 0 Å². The number of hydrogen-bond acceptors (Lipinski definition) is 3. The topological polar surface area (TPSA) is 55.1 Å². The molecule has 1 amide bonds. The van der Waals surface area contributed by atoms with Gasteiger partial charge in [-0.1, -0.05) is 31.3 Å². The van der Waals surface area contributed by atoms with Gasteiger partial charge in [0.25, 0.3) is 0 Å². The second-order valence-corrected chi connectivity index (χ2v) is 6.99. The maximum absolute atomic E-state index is 12.5. The van der Waals surface area contributed by atoms with Crippen LogP contribution in [0.4, 0.5) is 5.88 Å². The van der Waals surface area contributed by atoms with Crippen LogP contribution in [0.1, 0.15) is 76.0 Å². The van der Waals surface area contributed by atoms with Crippen molar-refractivity contribution in [1.29, 1.82) is 0 Å². The largest absolute Gasteiger partial charge is 0.338 e. The summed E-state index contributed by atoms with van der Waals surface area (Å²) in [6, 6.07) is 0. The first-order chi connectivity index (χ1) is 10.8. The predicted octanol–water partition coefficient (Wildman–Crippen LogP) is 4.49. The van der Waals surface area contributed by atoms with Gasteiger partial charge in [-0.15, -0.1) is 0 Å². The molecule has 1 aromatic heterocycles. The normalized spacial score (nSPS) is 24.8. The van der Waals surface area contributed by atoms with Crippen LogP contribution in [-0.4, -0.2) is 11.1 Å². The van der Waals surface area contributed by atoms with Gasteiger partial charge in [-0.25, -0.2) is 0 Å². The molecule has 1 fully saturated rings. The Morgan fingerprint density at radius 3 is 2.77 bits per heavy atom. The van der Waals surface area contributed by atoms with Crippen LogP contribution in [0.5, 0.6) is 0 Å². The molecule has 3 rings (SSSR count). The van der Waals surface area contributed by atoms with Gasteiger partial charge >= 0.3 is 0 Å². The zero-order chi connectivity index (χ0) is 15.4. The maximum Gasteiger partial charge on any atom is 0.234 e. The minimum absolute atomic E-state index is 0.137.